The van der Waals surface area contributed by atoms with Crippen molar-refractivity contribution in [2.75, 3.05) is 31.3 Å². The van der Waals surface area contributed by atoms with Gasteiger partial charge in [-0.2, -0.15) is 4.98 Å². The van der Waals surface area contributed by atoms with Gasteiger partial charge >= 0.3 is 0 Å². The maximum atomic E-state index is 11.9. The van der Waals surface area contributed by atoms with Crippen LogP contribution in [0, 0.1) is 6.92 Å². The van der Waals surface area contributed by atoms with Crippen molar-refractivity contribution in [2.24, 2.45) is 5.73 Å². The van der Waals surface area contributed by atoms with Gasteiger partial charge in [0.05, 0.1) is 12.8 Å². The third-order valence-corrected chi connectivity index (χ3v) is 5.72. The van der Waals surface area contributed by atoms with Crippen LogP contribution in [0.5, 0.6) is 5.75 Å². The van der Waals surface area contributed by atoms with Gasteiger partial charge in [0.2, 0.25) is 5.95 Å². The number of nitrogens with two attached hydrogens (primary N) is 1. The summed E-state index contributed by atoms with van der Waals surface area (Å²) in [6.45, 7) is 5.06. The zero-order valence-electron chi connectivity index (χ0n) is 18.5. The molecule has 0 spiro atoms. The van der Waals surface area contributed by atoms with E-state index in [0.717, 1.165) is 18.5 Å². The molecule has 32 heavy (non-hydrogen) atoms. The van der Waals surface area contributed by atoms with Crippen molar-refractivity contribution in [3.63, 3.8) is 0 Å². The number of carbonyl (C=O) groups is 1. The van der Waals surface area contributed by atoms with Crippen molar-refractivity contribution in [3.05, 3.63) is 52.8 Å². The summed E-state index contributed by atoms with van der Waals surface area (Å²) in [6.07, 6.45) is 2.60. The van der Waals surface area contributed by atoms with Gasteiger partial charge in [-0.25, -0.2) is 4.98 Å². The second-order valence-corrected chi connectivity index (χ2v) is 7.77. The average Bonchev–Trinajstić information content (AvgIpc) is 2.78. The van der Waals surface area contributed by atoms with E-state index in [1.54, 1.807) is 13.3 Å². The lowest BCUT2D eigenvalue weighted by Crippen LogP contribution is -2.30. The summed E-state index contributed by atoms with van der Waals surface area (Å²) in [4.78, 5) is 22.9. The lowest BCUT2D eigenvalue weighted by molar-refractivity contribution is 0.0995. The number of fused-ring (bicyclic) bond motifs is 1. The Morgan fingerprint density at radius 2 is 2.06 bits per heavy atom. The fourth-order valence-electron chi connectivity index (χ4n) is 3.72. The number of carbonyl (C=O) groups excluding carboxylic acids is 1. The Balaban J connectivity index is 1.70. The molecule has 1 amide bonds. The molecule has 10 heteroatoms. The van der Waals surface area contributed by atoms with Crippen molar-refractivity contribution < 1.29 is 9.53 Å². The zero-order chi connectivity index (χ0) is 22.8. The van der Waals surface area contributed by atoms with Crippen molar-refractivity contribution in [1.29, 1.82) is 0 Å². The highest BCUT2D eigenvalue weighted by Crippen LogP contribution is 2.37. The average molecular weight is 435 g/mol. The van der Waals surface area contributed by atoms with Crippen LogP contribution in [0.15, 0.2) is 30.5 Å². The lowest BCUT2D eigenvalue weighted by atomic mass is 9.93. The van der Waals surface area contributed by atoms with E-state index in [1.807, 2.05) is 25.1 Å². The van der Waals surface area contributed by atoms with Crippen LogP contribution >= 0.6 is 0 Å². The largest absolute Gasteiger partial charge is 0.495 e. The first-order valence-corrected chi connectivity index (χ1v) is 10.3. The summed E-state index contributed by atoms with van der Waals surface area (Å²) in [5, 5.41) is 14.2. The number of ether oxygens (including phenoxy) is 1. The number of anilines is 4. The molecule has 4 rings (SSSR count). The number of benzene rings is 1. The standard InChI is InChI=1S/C22H26N8O2/c1-12-6-5-8-24-20(12)26-21-18(19(23)31)28-29-22(27-21)25-16-11-15-13(2)30(3)9-7-14(15)10-17(16)32-4/h5-6,8,10-11,13H,7,9H2,1-4H3,(H2,23,31)(H2,24,25,26,27,29). The molecule has 0 saturated carbocycles. The molecule has 0 aliphatic carbocycles. The molecule has 1 aromatic carbocycles. The van der Waals surface area contributed by atoms with E-state index in [4.69, 9.17) is 10.5 Å². The topological polar surface area (TPSA) is 131 Å². The van der Waals surface area contributed by atoms with Gasteiger partial charge in [-0.05, 0) is 62.2 Å². The number of pyridine rings is 1. The Morgan fingerprint density at radius 1 is 1.25 bits per heavy atom. The Hall–Kier alpha value is -3.79. The van der Waals surface area contributed by atoms with Crippen LogP contribution in [0.25, 0.3) is 0 Å². The predicted octanol–water partition coefficient (Wildman–Crippen LogP) is 2.72. The fourth-order valence-corrected chi connectivity index (χ4v) is 3.72. The van der Waals surface area contributed by atoms with Crippen LogP contribution in [0.1, 0.15) is 40.1 Å². The van der Waals surface area contributed by atoms with E-state index in [2.05, 4.69) is 55.7 Å². The van der Waals surface area contributed by atoms with Crippen molar-refractivity contribution >= 4 is 29.2 Å². The Bertz CT molecular complexity index is 1170. The second kappa shape index (κ2) is 8.75. The van der Waals surface area contributed by atoms with E-state index in [9.17, 15) is 4.79 Å². The molecule has 3 heterocycles. The third kappa shape index (κ3) is 4.17. The van der Waals surface area contributed by atoms with Gasteiger partial charge in [0.25, 0.3) is 5.91 Å². The minimum Gasteiger partial charge on any atom is -0.495 e. The predicted molar refractivity (Wildman–Crippen MR) is 122 cm³/mol. The molecule has 1 aliphatic rings. The van der Waals surface area contributed by atoms with Crippen LogP contribution in [0.2, 0.25) is 0 Å². The van der Waals surface area contributed by atoms with Gasteiger partial charge in [-0.15, -0.1) is 10.2 Å². The number of likely N-dealkylation sites (N-methyl/N-ethyl adjacent to an activating group) is 1. The highest BCUT2D eigenvalue weighted by Gasteiger charge is 2.24. The number of aryl methyl sites for hydroxylation is 1. The Kier molecular flexibility index (Phi) is 5.87. The van der Waals surface area contributed by atoms with Crippen LogP contribution in [-0.2, 0) is 6.42 Å². The monoisotopic (exact) mass is 434 g/mol. The number of primary amides is 1. The fraction of sp³-hybridized carbons (Fsp3) is 0.318. The van der Waals surface area contributed by atoms with Gasteiger partial charge in [-0.3, -0.25) is 9.69 Å². The third-order valence-electron chi connectivity index (χ3n) is 5.72. The van der Waals surface area contributed by atoms with Crippen molar-refractivity contribution in [1.82, 2.24) is 25.1 Å². The van der Waals surface area contributed by atoms with E-state index in [0.29, 0.717) is 17.3 Å². The van der Waals surface area contributed by atoms with Gasteiger partial charge in [0.1, 0.15) is 11.6 Å². The van der Waals surface area contributed by atoms with Gasteiger partial charge in [0.15, 0.2) is 11.5 Å². The number of nitrogens with zero attached hydrogens (tertiary/aromatic N) is 5. The number of rotatable bonds is 6. The molecule has 1 aliphatic heterocycles. The van der Waals surface area contributed by atoms with E-state index in [1.165, 1.54) is 11.1 Å². The van der Waals surface area contributed by atoms with E-state index < -0.39 is 5.91 Å². The highest BCUT2D eigenvalue weighted by molar-refractivity contribution is 5.96. The molecular formula is C22H26N8O2. The van der Waals surface area contributed by atoms with Gasteiger partial charge in [-0.1, -0.05) is 6.07 Å². The molecule has 0 radical (unpaired) electrons. The summed E-state index contributed by atoms with van der Waals surface area (Å²) >= 11 is 0. The molecule has 166 valence electrons. The number of hydrogen-bond donors (Lipinski definition) is 3. The minimum atomic E-state index is -0.740. The Labute approximate surface area is 186 Å². The molecule has 1 unspecified atom stereocenters. The van der Waals surface area contributed by atoms with Gasteiger partial charge < -0.3 is 21.1 Å². The zero-order valence-corrected chi connectivity index (χ0v) is 18.5. The van der Waals surface area contributed by atoms with Gasteiger partial charge in [0, 0.05) is 18.8 Å². The molecule has 1 atom stereocenters. The molecule has 0 saturated heterocycles. The highest BCUT2D eigenvalue weighted by atomic mass is 16.5. The molecule has 0 fully saturated rings. The quantitative estimate of drug-likeness (QED) is 0.536. The SMILES string of the molecule is COc1cc2c(cc1Nc1nnc(C(N)=O)c(Nc3ncccc3C)n1)C(C)N(C)CC2. The van der Waals surface area contributed by atoms with E-state index in [-0.39, 0.29) is 23.5 Å². The van der Waals surface area contributed by atoms with E-state index >= 15 is 0 Å². The summed E-state index contributed by atoms with van der Waals surface area (Å²) in [7, 11) is 3.73. The number of aromatic nitrogens is 4. The lowest BCUT2D eigenvalue weighted by Gasteiger charge is -2.32. The summed E-state index contributed by atoms with van der Waals surface area (Å²) < 4.78 is 5.60. The maximum Gasteiger partial charge on any atom is 0.273 e. The smallest absolute Gasteiger partial charge is 0.273 e. The van der Waals surface area contributed by atoms with Crippen LogP contribution in [0.3, 0.4) is 0 Å². The molecule has 3 aromatic rings. The summed E-state index contributed by atoms with van der Waals surface area (Å²) in [5.74, 6) is 0.849. The van der Waals surface area contributed by atoms with Crippen LogP contribution < -0.4 is 21.1 Å². The van der Waals surface area contributed by atoms with Crippen LogP contribution in [-0.4, -0.2) is 51.7 Å². The Morgan fingerprint density at radius 3 is 2.78 bits per heavy atom. The number of amides is 1. The first-order chi connectivity index (χ1) is 15.4. The second-order valence-electron chi connectivity index (χ2n) is 7.77. The summed E-state index contributed by atoms with van der Waals surface area (Å²) in [6, 6.07) is 8.08. The molecule has 10 nitrogen and oxygen atoms in total. The minimum absolute atomic E-state index is 0.0757. The molecule has 0 bridgehead atoms. The first kappa shape index (κ1) is 21.4. The summed E-state index contributed by atoms with van der Waals surface area (Å²) in [5.41, 5.74) is 9.46. The number of methoxy groups -OCH3 is 1. The first-order valence-electron chi connectivity index (χ1n) is 10.3. The van der Waals surface area contributed by atoms with Crippen molar-refractivity contribution in [3.8, 4) is 5.75 Å². The molecule has 4 N–H and O–H groups in total. The van der Waals surface area contributed by atoms with Crippen LogP contribution in [0.4, 0.5) is 23.3 Å². The number of nitrogens with one attached hydrogen (secondary N) is 2. The molecule has 2 aromatic heterocycles. The maximum absolute atomic E-state index is 11.9. The number of hydrogen-bond acceptors (Lipinski definition) is 9. The normalized spacial score (nSPS) is 15.7. The van der Waals surface area contributed by atoms with Crippen molar-refractivity contribution in [2.45, 2.75) is 26.3 Å². The molecular weight excluding hydrogens is 408 g/mol.